The molecule has 120 valence electrons. The van der Waals surface area contributed by atoms with Crippen molar-refractivity contribution in [1.82, 2.24) is 5.32 Å². The molecule has 4 N–H and O–H groups in total. The zero-order valence-corrected chi connectivity index (χ0v) is 13.1. The van der Waals surface area contributed by atoms with Gasteiger partial charge < -0.3 is 16.2 Å². The fourth-order valence-corrected chi connectivity index (χ4v) is 1.99. The van der Waals surface area contributed by atoms with Crippen LogP contribution in [0.15, 0.2) is 0 Å². The molecular formula is C13H22N2O5S. The van der Waals surface area contributed by atoms with Gasteiger partial charge in [0.2, 0.25) is 5.91 Å². The average Bonchev–Trinajstić information content (AvgIpc) is 2.39. The first kappa shape index (κ1) is 19.6. The Bertz CT molecular complexity index is 411. The zero-order chi connectivity index (χ0) is 16.6. The Morgan fingerprint density at radius 2 is 1.86 bits per heavy atom. The molecule has 1 amide bonds. The molecule has 0 aromatic heterocycles. The summed E-state index contributed by atoms with van der Waals surface area (Å²) in [5, 5.41) is 11.1. The molecule has 0 fully saturated rings. The van der Waals surface area contributed by atoms with Crippen molar-refractivity contribution in [2.24, 2.45) is 11.7 Å². The van der Waals surface area contributed by atoms with Gasteiger partial charge in [0.25, 0.3) is 0 Å². The fraction of sp³-hybridized carbons (Fsp3) is 0.692. The summed E-state index contributed by atoms with van der Waals surface area (Å²) in [5.41, 5.74) is 5.41. The third-order valence-electron chi connectivity index (χ3n) is 3.01. The van der Waals surface area contributed by atoms with E-state index in [-0.39, 0.29) is 36.6 Å². The molecule has 0 rings (SSSR count). The molecule has 21 heavy (non-hydrogen) atoms. The van der Waals surface area contributed by atoms with Crippen LogP contribution in [0.5, 0.6) is 0 Å². The molecule has 3 unspecified atom stereocenters. The molecule has 8 heteroatoms. The summed E-state index contributed by atoms with van der Waals surface area (Å²) in [6.07, 6.45) is -0.382. The van der Waals surface area contributed by atoms with Gasteiger partial charge in [0.1, 0.15) is 5.78 Å². The van der Waals surface area contributed by atoms with Crippen LogP contribution < -0.4 is 11.1 Å². The maximum atomic E-state index is 12.2. The lowest BCUT2D eigenvalue weighted by molar-refractivity contribution is -0.138. The van der Waals surface area contributed by atoms with E-state index in [1.54, 1.807) is 0 Å². The minimum atomic E-state index is -1.07. The van der Waals surface area contributed by atoms with E-state index in [9.17, 15) is 19.2 Å². The van der Waals surface area contributed by atoms with E-state index in [1.165, 1.54) is 13.8 Å². The van der Waals surface area contributed by atoms with Gasteiger partial charge in [-0.1, -0.05) is 0 Å². The van der Waals surface area contributed by atoms with Crippen molar-refractivity contribution in [1.29, 1.82) is 0 Å². The van der Waals surface area contributed by atoms with Crippen LogP contribution in [0.2, 0.25) is 0 Å². The molecule has 0 aromatic carbocycles. The number of carboxylic acids is 1. The number of amides is 1. The van der Waals surface area contributed by atoms with Crippen LogP contribution >= 0.6 is 12.6 Å². The van der Waals surface area contributed by atoms with Crippen molar-refractivity contribution in [2.75, 3.05) is 5.75 Å². The quantitative estimate of drug-likeness (QED) is 0.412. The molecule has 7 nitrogen and oxygen atoms in total. The Hall–Kier alpha value is -1.41. The van der Waals surface area contributed by atoms with Crippen molar-refractivity contribution in [3.05, 3.63) is 0 Å². The number of thiol groups is 1. The van der Waals surface area contributed by atoms with Crippen LogP contribution in [0.25, 0.3) is 0 Å². The second-order valence-electron chi connectivity index (χ2n) is 4.94. The molecule has 0 aromatic rings. The highest BCUT2D eigenvalue weighted by Gasteiger charge is 2.26. The lowest BCUT2D eigenvalue weighted by Gasteiger charge is -2.20. The second kappa shape index (κ2) is 9.51. The van der Waals surface area contributed by atoms with Gasteiger partial charge >= 0.3 is 5.97 Å². The van der Waals surface area contributed by atoms with Crippen LogP contribution in [0.4, 0.5) is 0 Å². The number of hydrogen-bond acceptors (Lipinski definition) is 6. The highest BCUT2D eigenvalue weighted by atomic mass is 32.1. The van der Waals surface area contributed by atoms with E-state index in [4.69, 9.17) is 10.8 Å². The van der Waals surface area contributed by atoms with Crippen molar-refractivity contribution < 1.29 is 24.3 Å². The van der Waals surface area contributed by atoms with Gasteiger partial charge in [-0.15, -0.1) is 0 Å². The molecule has 0 saturated carbocycles. The number of nitrogens with one attached hydrogen (secondary N) is 1. The number of carboxylic acid groups (broad SMARTS) is 1. The highest BCUT2D eigenvalue weighted by molar-refractivity contribution is 7.80. The Balaban J connectivity index is 4.83. The Morgan fingerprint density at radius 3 is 2.24 bits per heavy atom. The summed E-state index contributed by atoms with van der Waals surface area (Å²) in [6.45, 7) is 2.82. The monoisotopic (exact) mass is 318 g/mol. The standard InChI is InChI=1S/C13H22N2O5S/c1-7(14)13(20)15-10(3-4-12(18)19)11(17)5-9(6-21)8(2)16/h7,9-10,21H,3-6,14H2,1-2H3,(H,15,20)(H,18,19). The van der Waals surface area contributed by atoms with Gasteiger partial charge in [-0.2, -0.15) is 12.6 Å². The first-order valence-electron chi connectivity index (χ1n) is 6.60. The second-order valence-corrected chi connectivity index (χ2v) is 5.31. The Morgan fingerprint density at radius 1 is 1.29 bits per heavy atom. The normalized spacial score (nSPS) is 14.9. The Labute approximate surface area is 129 Å². The molecule has 0 aliphatic rings. The number of ketones is 2. The summed E-state index contributed by atoms with van der Waals surface area (Å²) in [6, 6.07) is -1.76. The number of carbonyl (C=O) groups is 4. The summed E-state index contributed by atoms with van der Waals surface area (Å²) in [5.74, 6) is -2.49. The van der Waals surface area contributed by atoms with Crippen molar-refractivity contribution >= 4 is 36.1 Å². The molecule has 0 radical (unpaired) electrons. The SMILES string of the molecule is CC(=O)C(CS)CC(=O)C(CCC(=O)O)NC(=O)C(C)N. The number of aliphatic carboxylic acids is 1. The lowest BCUT2D eigenvalue weighted by atomic mass is 9.94. The fourth-order valence-electron chi connectivity index (χ4n) is 1.61. The topological polar surface area (TPSA) is 127 Å². The molecule has 0 aliphatic heterocycles. The number of carbonyl (C=O) groups excluding carboxylic acids is 3. The number of hydrogen-bond donors (Lipinski definition) is 4. The van der Waals surface area contributed by atoms with Gasteiger partial charge in [0.05, 0.1) is 12.1 Å². The third kappa shape index (κ3) is 7.81. The lowest BCUT2D eigenvalue weighted by Crippen LogP contribution is -2.48. The van der Waals surface area contributed by atoms with Crippen LogP contribution in [-0.4, -0.2) is 46.4 Å². The van der Waals surface area contributed by atoms with Crippen molar-refractivity contribution in [3.63, 3.8) is 0 Å². The number of rotatable bonds is 10. The van der Waals surface area contributed by atoms with Crippen LogP contribution in [0, 0.1) is 5.92 Å². The van der Waals surface area contributed by atoms with Crippen LogP contribution in [0.1, 0.15) is 33.1 Å². The molecule has 0 heterocycles. The van der Waals surface area contributed by atoms with Gasteiger partial charge in [-0.25, -0.2) is 0 Å². The molecule has 3 atom stereocenters. The van der Waals surface area contributed by atoms with Gasteiger partial charge in [-0.05, 0) is 20.3 Å². The molecule has 0 aliphatic carbocycles. The highest BCUT2D eigenvalue weighted by Crippen LogP contribution is 2.12. The first-order chi connectivity index (χ1) is 9.68. The maximum Gasteiger partial charge on any atom is 0.303 e. The van der Waals surface area contributed by atoms with Crippen molar-refractivity contribution in [2.45, 2.75) is 45.2 Å². The minimum absolute atomic E-state index is 0.0379. The summed E-state index contributed by atoms with van der Waals surface area (Å²) < 4.78 is 0. The van der Waals surface area contributed by atoms with Gasteiger partial charge in [0.15, 0.2) is 5.78 Å². The van der Waals surface area contributed by atoms with E-state index >= 15 is 0 Å². The van der Waals surface area contributed by atoms with E-state index in [1.807, 2.05) is 0 Å². The predicted molar refractivity (Wildman–Crippen MR) is 80.1 cm³/mol. The maximum absolute atomic E-state index is 12.2. The largest absolute Gasteiger partial charge is 0.481 e. The molecule has 0 bridgehead atoms. The predicted octanol–water partition coefficient (Wildman–Crippen LogP) is -0.223. The number of nitrogens with two attached hydrogens (primary N) is 1. The molecular weight excluding hydrogens is 296 g/mol. The van der Waals surface area contributed by atoms with Gasteiger partial charge in [0, 0.05) is 24.5 Å². The number of Topliss-reactive ketones (excluding diaryl/α,β-unsaturated/α-hetero) is 2. The van der Waals surface area contributed by atoms with Crippen LogP contribution in [-0.2, 0) is 19.2 Å². The summed E-state index contributed by atoms with van der Waals surface area (Å²) in [7, 11) is 0. The van der Waals surface area contributed by atoms with E-state index in [2.05, 4.69) is 17.9 Å². The first-order valence-corrected chi connectivity index (χ1v) is 7.24. The summed E-state index contributed by atoms with van der Waals surface area (Å²) in [4.78, 5) is 45.7. The minimum Gasteiger partial charge on any atom is -0.481 e. The van der Waals surface area contributed by atoms with Crippen LogP contribution in [0.3, 0.4) is 0 Å². The Kier molecular flexibility index (Phi) is 8.87. The van der Waals surface area contributed by atoms with E-state index in [0.717, 1.165) is 0 Å². The third-order valence-corrected chi connectivity index (χ3v) is 3.45. The summed E-state index contributed by atoms with van der Waals surface area (Å²) >= 11 is 4.01. The smallest absolute Gasteiger partial charge is 0.303 e. The molecule has 0 saturated heterocycles. The molecule has 0 spiro atoms. The van der Waals surface area contributed by atoms with E-state index < -0.39 is 29.9 Å². The van der Waals surface area contributed by atoms with Crippen molar-refractivity contribution in [3.8, 4) is 0 Å². The zero-order valence-electron chi connectivity index (χ0n) is 12.2. The van der Waals surface area contributed by atoms with Gasteiger partial charge in [-0.3, -0.25) is 19.2 Å². The van der Waals surface area contributed by atoms with E-state index in [0.29, 0.717) is 0 Å². The average molecular weight is 318 g/mol.